The summed E-state index contributed by atoms with van der Waals surface area (Å²) < 4.78 is 38.3. The number of methoxy groups -OCH3 is 2. The monoisotopic (exact) mass is 544 g/mol. The number of thiophene rings is 1. The number of hydrogen-bond donors (Lipinski definition) is 2. The number of anilines is 2. The molecule has 0 atom stereocenters. The molecule has 0 saturated carbocycles. The standard InChI is InChI=1S/C21H18Cl2N2O7S2/c1-25(14-4-5-15(31-2)16(9-14)32-3)34(29,30)17-10-18(23)33-19(17)20(26)24-13-7-11(21(27)28)6-12(22)8-13/h4-10H,1-3H3,(H,24,26)(H,27,28). The van der Waals surface area contributed by atoms with Crippen LogP contribution < -0.4 is 19.1 Å². The quantitative estimate of drug-likeness (QED) is 0.415. The molecule has 0 fully saturated rings. The molecule has 34 heavy (non-hydrogen) atoms. The van der Waals surface area contributed by atoms with E-state index in [4.69, 9.17) is 32.7 Å². The molecule has 1 aromatic heterocycles. The molecule has 0 aliphatic heterocycles. The highest BCUT2D eigenvalue weighted by Crippen LogP contribution is 2.36. The molecule has 0 spiro atoms. The van der Waals surface area contributed by atoms with Crippen molar-refractivity contribution in [3.05, 3.63) is 62.3 Å². The molecule has 0 aliphatic carbocycles. The van der Waals surface area contributed by atoms with E-state index in [-0.39, 0.29) is 36.1 Å². The van der Waals surface area contributed by atoms with Crippen molar-refractivity contribution < 1.29 is 32.6 Å². The topological polar surface area (TPSA) is 122 Å². The van der Waals surface area contributed by atoms with Crippen LogP contribution >= 0.6 is 34.5 Å². The van der Waals surface area contributed by atoms with Crippen LogP contribution in [0, 0.1) is 0 Å². The summed E-state index contributed by atoms with van der Waals surface area (Å²) in [7, 11) is -0.0388. The third-order valence-corrected chi connectivity index (χ3v) is 8.07. The number of aromatic carboxylic acids is 1. The van der Waals surface area contributed by atoms with Crippen molar-refractivity contribution in [2.24, 2.45) is 0 Å². The molecular formula is C21H18Cl2N2O7S2. The summed E-state index contributed by atoms with van der Waals surface area (Å²) in [5, 5.41) is 11.8. The van der Waals surface area contributed by atoms with Gasteiger partial charge >= 0.3 is 5.97 Å². The Kier molecular flexibility index (Phi) is 7.61. The van der Waals surface area contributed by atoms with E-state index in [2.05, 4.69) is 5.32 Å². The third-order valence-electron chi connectivity index (χ3n) is 4.65. The van der Waals surface area contributed by atoms with E-state index in [1.54, 1.807) is 6.07 Å². The van der Waals surface area contributed by atoms with E-state index in [1.165, 1.54) is 57.7 Å². The lowest BCUT2D eigenvalue weighted by atomic mass is 10.2. The molecule has 3 aromatic rings. The molecule has 3 rings (SSSR count). The number of halogens is 2. The van der Waals surface area contributed by atoms with Crippen molar-refractivity contribution in [3.63, 3.8) is 0 Å². The lowest BCUT2D eigenvalue weighted by Gasteiger charge is -2.21. The van der Waals surface area contributed by atoms with Gasteiger partial charge in [0.25, 0.3) is 15.9 Å². The lowest BCUT2D eigenvalue weighted by molar-refractivity contribution is 0.0696. The molecule has 1 heterocycles. The van der Waals surface area contributed by atoms with E-state index in [0.717, 1.165) is 15.6 Å². The summed E-state index contributed by atoms with van der Waals surface area (Å²) in [6.07, 6.45) is 0. The van der Waals surface area contributed by atoms with Gasteiger partial charge in [-0.1, -0.05) is 23.2 Å². The van der Waals surface area contributed by atoms with Gasteiger partial charge < -0.3 is 19.9 Å². The molecule has 180 valence electrons. The van der Waals surface area contributed by atoms with E-state index >= 15 is 0 Å². The Morgan fingerprint density at radius 1 is 1.03 bits per heavy atom. The summed E-state index contributed by atoms with van der Waals surface area (Å²) in [6, 6.07) is 9.48. The first-order valence-corrected chi connectivity index (χ1v) is 12.3. The normalized spacial score (nSPS) is 11.1. The Morgan fingerprint density at radius 3 is 2.32 bits per heavy atom. The number of rotatable bonds is 8. The summed E-state index contributed by atoms with van der Waals surface area (Å²) in [5.74, 6) is -1.30. The molecule has 2 aromatic carbocycles. The van der Waals surface area contributed by atoms with Crippen molar-refractivity contribution >= 4 is 67.8 Å². The first-order valence-electron chi connectivity index (χ1n) is 9.33. The van der Waals surface area contributed by atoms with Crippen LogP contribution in [0.25, 0.3) is 0 Å². The van der Waals surface area contributed by atoms with Crippen LogP contribution in [0.3, 0.4) is 0 Å². The Morgan fingerprint density at radius 2 is 1.71 bits per heavy atom. The predicted molar refractivity (Wildman–Crippen MR) is 131 cm³/mol. The van der Waals surface area contributed by atoms with E-state index in [1.807, 2.05) is 0 Å². The van der Waals surface area contributed by atoms with Gasteiger partial charge in [-0.25, -0.2) is 13.2 Å². The Labute approximate surface area is 209 Å². The second-order valence-electron chi connectivity index (χ2n) is 6.74. The zero-order valence-electron chi connectivity index (χ0n) is 18.0. The number of ether oxygens (including phenoxy) is 2. The summed E-state index contributed by atoms with van der Waals surface area (Å²) in [6.45, 7) is 0. The van der Waals surface area contributed by atoms with Crippen molar-refractivity contribution in [1.29, 1.82) is 0 Å². The number of hydrogen-bond acceptors (Lipinski definition) is 7. The van der Waals surface area contributed by atoms with E-state index in [0.29, 0.717) is 11.5 Å². The number of carboxylic acids is 1. The average molecular weight is 545 g/mol. The number of nitrogens with one attached hydrogen (secondary N) is 1. The Bertz CT molecular complexity index is 1370. The van der Waals surface area contributed by atoms with E-state index < -0.39 is 21.9 Å². The largest absolute Gasteiger partial charge is 0.493 e. The molecule has 0 saturated heterocycles. The van der Waals surface area contributed by atoms with Crippen LogP contribution in [0.1, 0.15) is 20.0 Å². The third kappa shape index (κ3) is 5.22. The molecule has 1 amide bonds. The van der Waals surface area contributed by atoms with Crippen LogP contribution in [0.4, 0.5) is 11.4 Å². The first-order chi connectivity index (χ1) is 16.0. The van der Waals surface area contributed by atoms with Crippen LogP contribution in [0.15, 0.2) is 47.4 Å². The SMILES string of the molecule is COc1ccc(N(C)S(=O)(=O)c2cc(Cl)sc2C(=O)Nc2cc(Cl)cc(C(=O)O)c2)cc1OC. The maximum Gasteiger partial charge on any atom is 0.335 e. The number of carboxylic acid groups (broad SMARTS) is 1. The molecule has 0 aliphatic rings. The highest BCUT2D eigenvalue weighted by molar-refractivity contribution is 7.93. The molecule has 0 bridgehead atoms. The first kappa shape index (κ1) is 25.6. The Hall–Kier alpha value is -2.99. The summed E-state index contributed by atoms with van der Waals surface area (Å²) >= 11 is 12.8. The minimum absolute atomic E-state index is 0.0711. The van der Waals surface area contributed by atoms with Gasteiger partial charge in [-0.05, 0) is 36.4 Å². The van der Waals surface area contributed by atoms with Crippen LogP contribution in [0.5, 0.6) is 11.5 Å². The number of carbonyl (C=O) groups is 2. The maximum absolute atomic E-state index is 13.4. The van der Waals surface area contributed by atoms with Gasteiger partial charge in [-0.3, -0.25) is 9.10 Å². The van der Waals surface area contributed by atoms with Gasteiger partial charge in [-0.15, -0.1) is 11.3 Å². The maximum atomic E-state index is 13.4. The number of amides is 1. The fraction of sp³-hybridized carbons (Fsp3) is 0.143. The summed E-state index contributed by atoms with van der Waals surface area (Å²) in [5.41, 5.74) is 0.191. The second kappa shape index (κ2) is 10.1. The average Bonchev–Trinajstić information content (AvgIpc) is 3.20. The van der Waals surface area contributed by atoms with Gasteiger partial charge in [0.1, 0.15) is 9.77 Å². The molecule has 0 unspecified atom stereocenters. The van der Waals surface area contributed by atoms with Crippen LogP contribution in [0.2, 0.25) is 9.36 Å². The predicted octanol–water partition coefficient (Wildman–Crippen LogP) is 4.85. The lowest BCUT2D eigenvalue weighted by Crippen LogP contribution is -2.28. The fourth-order valence-electron chi connectivity index (χ4n) is 2.98. The number of sulfonamides is 1. The number of nitrogens with zero attached hydrogens (tertiary/aromatic N) is 1. The van der Waals surface area contributed by atoms with Gasteiger partial charge in [0.05, 0.1) is 29.8 Å². The molecule has 2 N–H and O–H groups in total. The highest BCUT2D eigenvalue weighted by Gasteiger charge is 2.30. The minimum atomic E-state index is -4.23. The fourth-order valence-corrected chi connectivity index (χ4v) is 6.09. The molecule has 9 nitrogen and oxygen atoms in total. The van der Waals surface area contributed by atoms with Crippen LogP contribution in [-0.4, -0.2) is 46.7 Å². The molecule has 13 heteroatoms. The summed E-state index contributed by atoms with van der Waals surface area (Å²) in [4.78, 5) is 23.7. The van der Waals surface area contributed by atoms with Crippen molar-refractivity contribution in [2.45, 2.75) is 4.90 Å². The molecule has 0 radical (unpaired) electrons. The van der Waals surface area contributed by atoms with E-state index in [9.17, 15) is 23.1 Å². The zero-order chi connectivity index (χ0) is 25.2. The zero-order valence-corrected chi connectivity index (χ0v) is 21.1. The molecular weight excluding hydrogens is 527 g/mol. The van der Waals surface area contributed by atoms with Gasteiger partial charge in [0.2, 0.25) is 0 Å². The smallest absolute Gasteiger partial charge is 0.335 e. The number of carbonyl (C=O) groups excluding carboxylic acids is 1. The minimum Gasteiger partial charge on any atom is -0.493 e. The second-order valence-corrected chi connectivity index (χ2v) is 10.8. The van der Waals surface area contributed by atoms with Gasteiger partial charge in [-0.2, -0.15) is 0 Å². The Balaban J connectivity index is 1.98. The van der Waals surface area contributed by atoms with Crippen molar-refractivity contribution in [2.75, 3.05) is 30.9 Å². The highest BCUT2D eigenvalue weighted by atomic mass is 35.5. The van der Waals surface area contributed by atoms with Gasteiger partial charge in [0, 0.05) is 23.8 Å². The van der Waals surface area contributed by atoms with Crippen LogP contribution in [-0.2, 0) is 10.0 Å². The van der Waals surface area contributed by atoms with Crippen molar-refractivity contribution in [1.82, 2.24) is 0 Å². The number of benzene rings is 2. The van der Waals surface area contributed by atoms with Gasteiger partial charge in [0.15, 0.2) is 11.5 Å². The van der Waals surface area contributed by atoms with Crippen molar-refractivity contribution in [3.8, 4) is 11.5 Å².